The van der Waals surface area contributed by atoms with Crippen molar-refractivity contribution in [3.05, 3.63) is 41.0 Å². The Morgan fingerprint density at radius 3 is 3.16 bits per heavy atom. The molecule has 19 heavy (non-hydrogen) atoms. The molecular weight excluding hydrogens is 244 g/mol. The predicted molar refractivity (Wildman–Crippen MR) is 68.8 cm³/mol. The highest BCUT2D eigenvalue weighted by Crippen LogP contribution is 2.23. The Bertz CT molecular complexity index is 621. The summed E-state index contributed by atoms with van der Waals surface area (Å²) in [6.07, 6.45) is 0.829. The molecule has 0 saturated carbocycles. The fraction of sp³-hybridized carbons (Fsp3) is 0.308. The number of nitrogens with zero attached hydrogens (tertiary/aromatic N) is 2. The minimum Gasteiger partial charge on any atom is -0.377 e. The van der Waals surface area contributed by atoms with E-state index in [1.54, 1.807) is 6.92 Å². The average Bonchev–Trinajstić information content (AvgIpc) is 2.83. The summed E-state index contributed by atoms with van der Waals surface area (Å²) in [5, 5.41) is 9.92. The minimum absolute atomic E-state index is 0.0136. The van der Waals surface area contributed by atoms with E-state index in [0.29, 0.717) is 24.8 Å². The number of carbonyl (C=O) groups excluding carboxylic acids is 1. The van der Waals surface area contributed by atoms with Gasteiger partial charge in [-0.25, -0.2) is 0 Å². The molecule has 0 spiro atoms. The van der Waals surface area contributed by atoms with Crippen LogP contribution in [0.5, 0.6) is 0 Å². The van der Waals surface area contributed by atoms with Gasteiger partial charge in [0.25, 0.3) is 5.91 Å². The lowest BCUT2D eigenvalue weighted by Crippen LogP contribution is -2.32. The maximum absolute atomic E-state index is 11.7. The van der Waals surface area contributed by atoms with Crippen LogP contribution in [0.4, 0.5) is 5.69 Å². The maximum Gasteiger partial charge on any atom is 0.251 e. The summed E-state index contributed by atoms with van der Waals surface area (Å²) in [5.74, 6) is 1.14. The number of nitrogens with one attached hydrogen (secondary N) is 2. The molecule has 0 atom stereocenters. The second-order valence-electron chi connectivity index (χ2n) is 4.42. The third-order valence-electron chi connectivity index (χ3n) is 3.09. The first-order valence-electron chi connectivity index (χ1n) is 6.17. The monoisotopic (exact) mass is 258 g/mol. The van der Waals surface area contributed by atoms with Crippen LogP contribution in [-0.2, 0) is 13.0 Å². The highest BCUT2D eigenvalue weighted by atomic mass is 16.5. The van der Waals surface area contributed by atoms with Gasteiger partial charge in [0.05, 0.1) is 6.54 Å². The summed E-state index contributed by atoms with van der Waals surface area (Å²) in [6, 6.07) is 5.67. The summed E-state index contributed by atoms with van der Waals surface area (Å²) < 4.78 is 4.92. The summed E-state index contributed by atoms with van der Waals surface area (Å²) in [7, 11) is 0. The van der Waals surface area contributed by atoms with Crippen molar-refractivity contribution >= 4 is 11.6 Å². The molecule has 98 valence electrons. The van der Waals surface area contributed by atoms with E-state index in [1.165, 1.54) is 0 Å². The second-order valence-corrected chi connectivity index (χ2v) is 4.42. The number of hydrogen-bond donors (Lipinski definition) is 2. The van der Waals surface area contributed by atoms with Crippen LogP contribution >= 0.6 is 0 Å². The SMILES string of the molecule is Cc1nc(CNc2cccc3c2CCNC3=O)no1. The van der Waals surface area contributed by atoms with Gasteiger partial charge in [-0.2, -0.15) is 4.98 Å². The van der Waals surface area contributed by atoms with E-state index in [2.05, 4.69) is 20.8 Å². The molecule has 6 heteroatoms. The average molecular weight is 258 g/mol. The van der Waals surface area contributed by atoms with Crippen LogP contribution in [0.1, 0.15) is 27.6 Å². The van der Waals surface area contributed by atoms with Gasteiger partial charge in [-0.05, 0) is 24.1 Å². The molecule has 0 aliphatic carbocycles. The Labute approximate surface area is 110 Å². The van der Waals surface area contributed by atoms with Crippen molar-refractivity contribution in [2.24, 2.45) is 0 Å². The number of fused-ring (bicyclic) bond motifs is 1. The van der Waals surface area contributed by atoms with Gasteiger partial charge >= 0.3 is 0 Å². The molecule has 0 fully saturated rings. The number of amides is 1. The normalized spacial score (nSPS) is 13.8. The van der Waals surface area contributed by atoms with Gasteiger partial charge in [0.1, 0.15) is 0 Å². The molecule has 0 bridgehead atoms. The molecule has 1 aromatic carbocycles. The topological polar surface area (TPSA) is 80.0 Å². The van der Waals surface area contributed by atoms with Gasteiger partial charge in [-0.15, -0.1) is 0 Å². The van der Waals surface area contributed by atoms with Gasteiger partial charge < -0.3 is 15.2 Å². The number of aryl methyl sites for hydroxylation is 1. The van der Waals surface area contributed by atoms with Crippen molar-refractivity contribution in [1.29, 1.82) is 0 Å². The quantitative estimate of drug-likeness (QED) is 0.866. The molecule has 2 heterocycles. The van der Waals surface area contributed by atoms with Crippen LogP contribution in [0, 0.1) is 6.92 Å². The van der Waals surface area contributed by atoms with Crippen molar-refractivity contribution < 1.29 is 9.32 Å². The molecule has 1 aromatic heterocycles. The van der Waals surface area contributed by atoms with Gasteiger partial charge in [0.2, 0.25) is 5.89 Å². The zero-order valence-corrected chi connectivity index (χ0v) is 10.6. The first-order chi connectivity index (χ1) is 9.24. The number of rotatable bonds is 3. The highest BCUT2D eigenvalue weighted by Gasteiger charge is 2.18. The van der Waals surface area contributed by atoms with Crippen molar-refractivity contribution in [3.63, 3.8) is 0 Å². The number of benzene rings is 1. The fourth-order valence-corrected chi connectivity index (χ4v) is 2.22. The highest BCUT2D eigenvalue weighted by molar-refractivity contribution is 5.98. The smallest absolute Gasteiger partial charge is 0.251 e. The van der Waals surface area contributed by atoms with E-state index in [4.69, 9.17) is 4.52 Å². The summed E-state index contributed by atoms with van der Waals surface area (Å²) in [5.41, 5.74) is 2.74. The molecular formula is C13H14N4O2. The van der Waals surface area contributed by atoms with Gasteiger partial charge in [-0.3, -0.25) is 4.79 Å². The zero-order chi connectivity index (χ0) is 13.2. The molecule has 6 nitrogen and oxygen atoms in total. The van der Waals surface area contributed by atoms with Crippen LogP contribution < -0.4 is 10.6 Å². The fourth-order valence-electron chi connectivity index (χ4n) is 2.22. The first-order valence-corrected chi connectivity index (χ1v) is 6.17. The van der Waals surface area contributed by atoms with Crippen LogP contribution in [-0.4, -0.2) is 22.6 Å². The first kappa shape index (κ1) is 11.7. The molecule has 0 saturated heterocycles. The predicted octanol–water partition coefficient (Wildman–Crippen LogP) is 1.28. The third kappa shape index (κ3) is 2.29. The van der Waals surface area contributed by atoms with Crippen LogP contribution in [0.3, 0.4) is 0 Å². The van der Waals surface area contributed by atoms with E-state index in [-0.39, 0.29) is 5.91 Å². The molecule has 0 unspecified atom stereocenters. The molecule has 3 rings (SSSR count). The molecule has 1 aliphatic rings. The van der Waals surface area contributed by atoms with E-state index in [1.807, 2.05) is 18.2 Å². The number of hydrogen-bond acceptors (Lipinski definition) is 5. The lowest BCUT2D eigenvalue weighted by Gasteiger charge is -2.19. The van der Waals surface area contributed by atoms with E-state index >= 15 is 0 Å². The largest absolute Gasteiger partial charge is 0.377 e. The number of carbonyl (C=O) groups is 1. The second kappa shape index (κ2) is 4.72. The summed E-state index contributed by atoms with van der Waals surface area (Å²) in [6.45, 7) is 2.91. The number of anilines is 1. The third-order valence-corrected chi connectivity index (χ3v) is 3.09. The summed E-state index contributed by atoms with van der Waals surface area (Å²) >= 11 is 0. The van der Waals surface area contributed by atoms with Crippen LogP contribution in [0.15, 0.2) is 22.7 Å². The van der Waals surface area contributed by atoms with E-state index in [0.717, 1.165) is 23.2 Å². The van der Waals surface area contributed by atoms with Gasteiger partial charge in [0.15, 0.2) is 5.82 Å². The molecule has 2 aromatic rings. The van der Waals surface area contributed by atoms with Gasteiger partial charge in [-0.1, -0.05) is 11.2 Å². The Morgan fingerprint density at radius 2 is 2.37 bits per heavy atom. The van der Waals surface area contributed by atoms with Crippen molar-refractivity contribution in [1.82, 2.24) is 15.5 Å². The van der Waals surface area contributed by atoms with Crippen LogP contribution in [0.25, 0.3) is 0 Å². The minimum atomic E-state index is -0.0136. The number of aromatic nitrogens is 2. The lowest BCUT2D eigenvalue weighted by atomic mass is 9.98. The van der Waals surface area contributed by atoms with E-state index < -0.39 is 0 Å². The Balaban J connectivity index is 1.81. The van der Waals surface area contributed by atoms with Crippen molar-refractivity contribution in [2.45, 2.75) is 19.9 Å². The van der Waals surface area contributed by atoms with E-state index in [9.17, 15) is 4.79 Å². The summed E-state index contributed by atoms with van der Waals surface area (Å²) in [4.78, 5) is 15.9. The lowest BCUT2D eigenvalue weighted by molar-refractivity contribution is 0.0946. The Morgan fingerprint density at radius 1 is 1.47 bits per heavy atom. The molecule has 1 amide bonds. The standard InChI is InChI=1S/C13H14N4O2/c1-8-16-12(17-19-8)7-15-11-4-2-3-10-9(11)5-6-14-13(10)18/h2-4,15H,5-7H2,1H3,(H,14,18). The molecule has 2 N–H and O–H groups in total. The Kier molecular flexibility index (Phi) is 2.91. The maximum atomic E-state index is 11.7. The van der Waals surface area contributed by atoms with Crippen molar-refractivity contribution in [3.8, 4) is 0 Å². The van der Waals surface area contributed by atoms with Crippen molar-refractivity contribution in [2.75, 3.05) is 11.9 Å². The Hall–Kier alpha value is -2.37. The molecule has 0 radical (unpaired) electrons. The zero-order valence-electron chi connectivity index (χ0n) is 10.6. The molecule has 1 aliphatic heterocycles. The van der Waals surface area contributed by atoms with Gasteiger partial charge in [0, 0.05) is 24.7 Å². The van der Waals surface area contributed by atoms with Crippen LogP contribution in [0.2, 0.25) is 0 Å².